The number of amides is 2. The zero-order chi connectivity index (χ0) is 19.9. The van der Waals surface area contributed by atoms with Gasteiger partial charge in [-0.25, -0.2) is 10.8 Å². The summed E-state index contributed by atoms with van der Waals surface area (Å²) >= 11 is 0. The molecule has 1 aromatic heterocycles. The second kappa shape index (κ2) is 14.0. The second-order valence-electron chi connectivity index (χ2n) is 6.92. The van der Waals surface area contributed by atoms with E-state index in [1.54, 1.807) is 6.92 Å². The van der Waals surface area contributed by atoms with Gasteiger partial charge in [0, 0.05) is 33.1 Å². The Kier molecular flexibility index (Phi) is 13.1. The van der Waals surface area contributed by atoms with Crippen LogP contribution in [0.15, 0.2) is 36.7 Å². The van der Waals surface area contributed by atoms with Gasteiger partial charge in [-0.2, -0.15) is 0 Å². The maximum absolute atomic E-state index is 11.4. The predicted molar refractivity (Wildman–Crippen MR) is 128 cm³/mol. The minimum absolute atomic E-state index is 0. The molecule has 1 aliphatic heterocycles. The Balaban J connectivity index is 0.00000300. The first-order valence-electron chi connectivity index (χ1n) is 9.44. The van der Waals surface area contributed by atoms with E-state index in [0.29, 0.717) is 0 Å². The van der Waals surface area contributed by atoms with Crippen LogP contribution in [0.3, 0.4) is 0 Å². The van der Waals surface area contributed by atoms with Crippen LogP contribution in [0.4, 0.5) is 5.82 Å². The fourth-order valence-corrected chi connectivity index (χ4v) is 3.22. The van der Waals surface area contributed by atoms with Crippen LogP contribution in [-0.4, -0.2) is 52.9 Å². The normalized spacial score (nSPS) is 12.7. The van der Waals surface area contributed by atoms with Crippen molar-refractivity contribution in [2.24, 2.45) is 5.84 Å². The van der Waals surface area contributed by atoms with Crippen molar-refractivity contribution in [1.29, 1.82) is 0 Å². The molecule has 3 N–H and O–H groups in total. The number of halogens is 3. The number of benzene rings is 1. The molecule has 2 aromatic rings. The minimum atomic E-state index is -0.203. The number of nitrogens with two attached hydrogens (primary N) is 1. The maximum atomic E-state index is 11.4. The number of aromatic nitrogens is 2. The standard InChI is InChI=1S/C20H26N6O2.3ClH/c1-15(27)25-8-10-26(11-9-25)19-14-22-18(13-23-19)7-6-16-2-4-17(5-3-16)12-20(28)24-21;;;/h2-5,13-14H,6-12,21H2,1H3,(H,24,28);3*1H. The number of carbonyl (C=O) groups excluding carboxylic acids is 2. The summed E-state index contributed by atoms with van der Waals surface area (Å²) in [7, 11) is 0. The third-order valence-corrected chi connectivity index (χ3v) is 4.96. The van der Waals surface area contributed by atoms with Crippen LogP contribution < -0.4 is 16.2 Å². The molecule has 0 unspecified atom stereocenters. The summed E-state index contributed by atoms with van der Waals surface area (Å²) in [6.45, 7) is 4.61. The SMILES string of the molecule is CC(=O)N1CCN(c2cnc(CCc3ccc(CC(=O)NN)cc3)cn2)CC1.Cl.Cl.Cl. The van der Waals surface area contributed by atoms with Crippen LogP contribution in [0, 0.1) is 0 Å². The van der Waals surface area contributed by atoms with Crippen molar-refractivity contribution < 1.29 is 9.59 Å². The van der Waals surface area contributed by atoms with Gasteiger partial charge in [0.1, 0.15) is 5.82 Å². The van der Waals surface area contributed by atoms with Crippen molar-refractivity contribution in [1.82, 2.24) is 20.3 Å². The number of hydrogen-bond acceptors (Lipinski definition) is 6. The van der Waals surface area contributed by atoms with Gasteiger partial charge in [0.15, 0.2) is 0 Å². The molecule has 0 atom stereocenters. The molecule has 172 valence electrons. The van der Waals surface area contributed by atoms with Crippen molar-refractivity contribution in [3.05, 3.63) is 53.5 Å². The summed E-state index contributed by atoms with van der Waals surface area (Å²) in [6.07, 6.45) is 5.58. The van der Waals surface area contributed by atoms with Gasteiger partial charge in [0.25, 0.3) is 0 Å². The molecule has 8 nitrogen and oxygen atoms in total. The van der Waals surface area contributed by atoms with Gasteiger partial charge in [0.2, 0.25) is 11.8 Å². The highest BCUT2D eigenvalue weighted by Gasteiger charge is 2.19. The highest BCUT2D eigenvalue weighted by atomic mass is 35.5. The molecular formula is C20H29Cl3N6O2. The minimum Gasteiger partial charge on any atom is -0.352 e. The van der Waals surface area contributed by atoms with E-state index in [1.165, 1.54) is 5.56 Å². The van der Waals surface area contributed by atoms with Crippen LogP contribution >= 0.6 is 37.2 Å². The van der Waals surface area contributed by atoms with Gasteiger partial charge in [-0.15, -0.1) is 37.2 Å². The van der Waals surface area contributed by atoms with E-state index in [-0.39, 0.29) is 55.5 Å². The molecule has 0 radical (unpaired) electrons. The lowest BCUT2D eigenvalue weighted by atomic mass is 10.0. The second-order valence-corrected chi connectivity index (χ2v) is 6.92. The van der Waals surface area contributed by atoms with Crippen molar-refractivity contribution >= 4 is 54.9 Å². The van der Waals surface area contributed by atoms with Crippen molar-refractivity contribution in [3.63, 3.8) is 0 Å². The monoisotopic (exact) mass is 490 g/mol. The first-order valence-corrected chi connectivity index (χ1v) is 9.44. The van der Waals surface area contributed by atoms with Crippen LogP contribution in [0.1, 0.15) is 23.7 Å². The Morgan fingerprint density at radius 3 is 2.06 bits per heavy atom. The maximum Gasteiger partial charge on any atom is 0.238 e. The zero-order valence-corrected chi connectivity index (χ0v) is 19.8. The lowest BCUT2D eigenvalue weighted by Crippen LogP contribution is -2.48. The third kappa shape index (κ3) is 8.49. The summed E-state index contributed by atoms with van der Waals surface area (Å²) in [4.78, 5) is 35.8. The highest BCUT2D eigenvalue weighted by Crippen LogP contribution is 2.14. The highest BCUT2D eigenvalue weighted by molar-refractivity contribution is 5.86. The first-order chi connectivity index (χ1) is 13.5. The number of aryl methyl sites for hydroxylation is 2. The van der Waals surface area contributed by atoms with Gasteiger partial charge in [0.05, 0.1) is 24.5 Å². The molecule has 1 saturated heterocycles. The van der Waals surface area contributed by atoms with Gasteiger partial charge >= 0.3 is 0 Å². The lowest BCUT2D eigenvalue weighted by molar-refractivity contribution is -0.129. The first kappa shape index (κ1) is 28.9. The van der Waals surface area contributed by atoms with Crippen LogP contribution in [0.25, 0.3) is 0 Å². The average Bonchev–Trinajstić information content (AvgIpc) is 2.73. The smallest absolute Gasteiger partial charge is 0.238 e. The number of nitrogens with zero attached hydrogens (tertiary/aromatic N) is 4. The molecule has 1 aromatic carbocycles. The number of hydrogen-bond donors (Lipinski definition) is 2. The van der Waals surface area contributed by atoms with Gasteiger partial charge in [-0.3, -0.25) is 20.0 Å². The molecule has 1 aliphatic rings. The van der Waals surface area contributed by atoms with E-state index in [1.807, 2.05) is 41.6 Å². The van der Waals surface area contributed by atoms with Crippen molar-refractivity contribution in [2.45, 2.75) is 26.2 Å². The van der Waals surface area contributed by atoms with E-state index < -0.39 is 0 Å². The molecule has 0 spiro atoms. The summed E-state index contributed by atoms with van der Waals surface area (Å²) in [5.41, 5.74) is 5.19. The molecule has 0 saturated carbocycles. The molecule has 31 heavy (non-hydrogen) atoms. The average molecular weight is 492 g/mol. The fraction of sp³-hybridized carbons (Fsp3) is 0.400. The van der Waals surface area contributed by atoms with Gasteiger partial charge in [-0.05, 0) is 24.0 Å². The van der Waals surface area contributed by atoms with E-state index in [4.69, 9.17) is 5.84 Å². The largest absolute Gasteiger partial charge is 0.352 e. The fourth-order valence-electron chi connectivity index (χ4n) is 3.22. The van der Waals surface area contributed by atoms with E-state index in [0.717, 1.165) is 56.1 Å². The molecule has 0 bridgehead atoms. The molecule has 11 heteroatoms. The summed E-state index contributed by atoms with van der Waals surface area (Å²) in [5.74, 6) is 5.88. The summed E-state index contributed by atoms with van der Waals surface area (Å²) in [6, 6.07) is 7.94. The van der Waals surface area contributed by atoms with Crippen LogP contribution in [0.2, 0.25) is 0 Å². The van der Waals surface area contributed by atoms with E-state index in [2.05, 4.69) is 20.3 Å². The summed E-state index contributed by atoms with van der Waals surface area (Å²) in [5, 5.41) is 0. The molecule has 1 fully saturated rings. The number of rotatable bonds is 6. The molecule has 2 amide bonds. The lowest BCUT2D eigenvalue weighted by Gasteiger charge is -2.34. The Bertz CT molecular complexity index is 813. The van der Waals surface area contributed by atoms with Gasteiger partial charge < -0.3 is 9.80 Å². The number of piperazine rings is 1. The number of anilines is 1. The Labute approximate surface area is 201 Å². The topological polar surface area (TPSA) is 104 Å². The van der Waals surface area contributed by atoms with Crippen molar-refractivity contribution in [3.8, 4) is 0 Å². The van der Waals surface area contributed by atoms with Crippen LogP contribution in [-0.2, 0) is 28.9 Å². The Morgan fingerprint density at radius 1 is 0.935 bits per heavy atom. The molecule has 3 rings (SSSR count). The van der Waals surface area contributed by atoms with Crippen molar-refractivity contribution in [2.75, 3.05) is 31.1 Å². The third-order valence-electron chi connectivity index (χ3n) is 4.96. The van der Waals surface area contributed by atoms with E-state index >= 15 is 0 Å². The number of hydrazine groups is 1. The van der Waals surface area contributed by atoms with Gasteiger partial charge in [-0.1, -0.05) is 24.3 Å². The molecule has 0 aliphatic carbocycles. The number of carbonyl (C=O) groups is 2. The number of nitrogens with one attached hydrogen (secondary N) is 1. The predicted octanol–water partition coefficient (Wildman–Crippen LogP) is 1.73. The Morgan fingerprint density at radius 2 is 1.55 bits per heavy atom. The summed E-state index contributed by atoms with van der Waals surface area (Å²) < 4.78 is 0. The Hall–Kier alpha value is -2.13. The zero-order valence-electron chi connectivity index (χ0n) is 17.3. The molecular weight excluding hydrogens is 463 g/mol. The van der Waals surface area contributed by atoms with Crippen LogP contribution in [0.5, 0.6) is 0 Å². The van der Waals surface area contributed by atoms with E-state index in [9.17, 15) is 9.59 Å². The quantitative estimate of drug-likeness (QED) is 0.362. The molecule has 2 heterocycles.